The van der Waals surface area contributed by atoms with Crippen LogP contribution in [-0.2, 0) is 19.6 Å². The van der Waals surface area contributed by atoms with Gasteiger partial charge in [0.15, 0.2) is 0 Å². The van der Waals surface area contributed by atoms with Crippen LogP contribution in [0.5, 0.6) is 0 Å². The van der Waals surface area contributed by atoms with E-state index in [0.717, 1.165) is 18.0 Å². The smallest absolute Gasteiger partial charge is 0.0681 e. The summed E-state index contributed by atoms with van der Waals surface area (Å²) in [7, 11) is 0. The first kappa shape index (κ1) is 15.3. The lowest BCUT2D eigenvalue weighted by Crippen LogP contribution is -2.33. The Morgan fingerprint density at radius 2 is 1.55 bits per heavy atom. The van der Waals surface area contributed by atoms with Crippen molar-refractivity contribution < 1.29 is 5.11 Å². The molecule has 0 radical (unpaired) electrons. The molecule has 3 rings (SSSR count). The average molecular weight is 295 g/mol. The van der Waals surface area contributed by atoms with Crippen LogP contribution >= 0.6 is 0 Å². The number of piperidine rings is 1. The summed E-state index contributed by atoms with van der Waals surface area (Å²) in [6.07, 6.45) is 3.79. The van der Waals surface area contributed by atoms with Gasteiger partial charge in [0.1, 0.15) is 0 Å². The van der Waals surface area contributed by atoms with E-state index in [1.807, 2.05) is 12.1 Å². The van der Waals surface area contributed by atoms with Crippen LogP contribution in [0.4, 0.5) is 0 Å². The Morgan fingerprint density at radius 3 is 2.27 bits per heavy atom. The van der Waals surface area contributed by atoms with Crippen molar-refractivity contribution in [3.8, 4) is 0 Å². The van der Waals surface area contributed by atoms with Crippen LogP contribution in [0.25, 0.3) is 0 Å². The van der Waals surface area contributed by atoms with Crippen molar-refractivity contribution in [2.45, 2.75) is 32.4 Å². The zero-order valence-electron chi connectivity index (χ0n) is 13.1. The van der Waals surface area contributed by atoms with Gasteiger partial charge in [-0.1, -0.05) is 54.6 Å². The standard InChI is InChI=1S/C20H25NO/c22-16-20-8-4-7-19(14-20)15-21-11-9-18(10-12-21)13-17-5-2-1-3-6-17/h1-8,14,18,22H,9-13,15-16H2. The van der Waals surface area contributed by atoms with E-state index >= 15 is 0 Å². The van der Waals surface area contributed by atoms with Crippen LogP contribution in [0, 0.1) is 5.92 Å². The zero-order chi connectivity index (χ0) is 15.2. The van der Waals surface area contributed by atoms with E-state index in [-0.39, 0.29) is 6.61 Å². The van der Waals surface area contributed by atoms with Gasteiger partial charge in [-0.15, -0.1) is 0 Å². The molecule has 2 nitrogen and oxygen atoms in total. The normalized spacial score (nSPS) is 16.8. The second-order valence-electron chi connectivity index (χ2n) is 6.39. The predicted molar refractivity (Wildman–Crippen MR) is 90.5 cm³/mol. The number of aliphatic hydroxyl groups excluding tert-OH is 1. The molecule has 0 aromatic heterocycles. The molecular formula is C20H25NO. The molecule has 0 aliphatic carbocycles. The molecule has 0 saturated carbocycles. The molecule has 22 heavy (non-hydrogen) atoms. The maximum absolute atomic E-state index is 9.23. The molecule has 1 N–H and O–H groups in total. The molecule has 116 valence electrons. The lowest BCUT2D eigenvalue weighted by molar-refractivity contribution is 0.177. The molecule has 1 fully saturated rings. The van der Waals surface area contributed by atoms with Crippen molar-refractivity contribution in [1.29, 1.82) is 0 Å². The number of likely N-dealkylation sites (tertiary alicyclic amines) is 1. The zero-order valence-corrected chi connectivity index (χ0v) is 13.1. The Bertz CT molecular complexity index is 573. The summed E-state index contributed by atoms with van der Waals surface area (Å²) in [6, 6.07) is 19.2. The van der Waals surface area contributed by atoms with E-state index < -0.39 is 0 Å². The highest BCUT2D eigenvalue weighted by molar-refractivity contribution is 5.23. The van der Waals surface area contributed by atoms with Gasteiger partial charge in [0, 0.05) is 6.54 Å². The number of nitrogens with zero attached hydrogens (tertiary/aromatic N) is 1. The fourth-order valence-corrected chi connectivity index (χ4v) is 3.38. The Kier molecular flexibility index (Phi) is 5.25. The molecule has 1 aliphatic rings. The van der Waals surface area contributed by atoms with Gasteiger partial charge < -0.3 is 5.11 Å². The third kappa shape index (κ3) is 4.19. The van der Waals surface area contributed by atoms with Gasteiger partial charge in [0.05, 0.1) is 6.61 Å². The van der Waals surface area contributed by atoms with E-state index in [0.29, 0.717) is 0 Å². The Hall–Kier alpha value is -1.64. The molecule has 1 saturated heterocycles. The second-order valence-corrected chi connectivity index (χ2v) is 6.39. The average Bonchev–Trinajstić information content (AvgIpc) is 2.58. The molecular weight excluding hydrogens is 270 g/mol. The number of rotatable bonds is 5. The van der Waals surface area contributed by atoms with E-state index in [4.69, 9.17) is 0 Å². The molecule has 1 aliphatic heterocycles. The monoisotopic (exact) mass is 295 g/mol. The van der Waals surface area contributed by atoms with Gasteiger partial charge in [0.25, 0.3) is 0 Å². The lowest BCUT2D eigenvalue weighted by atomic mass is 9.90. The lowest BCUT2D eigenvalue weighted by Gasteiger charge is -2.32. The van der Waals surface area contributed by atoms with Gasteiger partial charge in [-0.25, -0.2) is 0 Å². The molecule has 2 heteroatoms. The van der Waals surface area contributed by atoms with Crippen LogP contribution < -0.4 is 0 Å². The van der Waals surface area contributed by atoms with E-state index in [2.05, 4.69) is 47.4 Å². The van der Waals surface area contributed by atoms with Gasteiger partial charge in [-0.3, -0.25) is 4.90 Å². The van der Waals surface area contributed by atoms with Crippen molar-refractivity contribution in [3.63, 3.8) is 0 Å². The summed E-state index contributed by atoms with van der Waals surface area (Å²) in [5, 5.41) is 9.23. The minimum atomic E-state index is 0.132. The van der Waals surface area contributed by atoms with Crippen molar-refractivity contribution >= 4 is 0 Å². The number of hydrogen-bond donors (Lipinski definition) is 1. The molecule has 0 spiro atoms. The second kappa shape index (κ2) is 7.57. The maximum Gasteiger partial charge on any atom is 0.0681 e. The molecule has 0 unspecified atom stereocenters. The van der Waals surface area contributed by atoms with Crippen LogP contribution in [0.2, 0.25) is 0 Å². The van der Waals surface area contributed by atoms with Gasteiger partial charge in [-0.2, -0.15) is 0 Å². The first-order valence-electron chi connectivity index (χ1n) is 8.28. The Morgan fingerprint density at radius 1 is 0.864 bits per heavy atom. The Balaban J connectivity index is 1.49. The molecule has 2 aromatic carbocycles. The summed E-state index contributed by atoms with van der Waals surface area (Å²) in [4.78, 5) is 2.54. The van der Waals surface area contributed by atoms with Crippen molar-refractivity contribution in [2.24, 2.45) is 5.92 Å². The van der Waals surface area contributed by atoms with Crippen LogP contribution in [0.3, 0.4) is 0 Å². The molecule has 0 atom stereocenters. The van der Waals surface area contributed by atoms with Crippen molar-refractivity contribution in [3.05, 3.63) is 71.3 Å². The Labute approximate surface area is 133 Å². The number of hydrogen-bond acceptors (Lipinski definition) is 2. The van der Waals surface area contributed by atoms with Crippen molar-refractivity contribution in [1.82, 2.24) is 4.90 Å². The third-order valence-corrected chi connectivity index (χ3v) is 4.65. The minimum Gasteiger partial charge on any atom is -0.392 e. The maximum atomic E-state index is 9.23. The predicted octanol–water partition coefficient (Wildman–Crippen LogP) is 3.63. The van der Waals surface area contributed by atoms with Gasteiger partial charge in [-0.05, 0) is 55.0 Å². The highest BCUT2D eigenvalue weighted by Gasteiger charge is 2.19. The fraction of sp³-hybridized carbons (Fsp3) is 0.400. The first-order chi connectivity index (χ1) is 10.8. The summed E-state index contributed by atoms with van der Waals surface area (Å²) in [5.41, 5.74) is 3.79. The van der Waals surface area contributed by atoms with Crippen LogP contribution in [-0.4, -0.2) is 23.1 Å². The molecule has 0 amide bonds. The van der Waals surface area contributed by atoms with Crippen molar-refractivity contribution in [2.75, 3.05) is 13.1 Å². The molecule has 2 aromatic rings. The number of benzene rings is 2. The SMILES string of the molecule is OCc1cccc(CN2CCC(Cc3ccccc3)CC2)c1. The fourth-order valence-electron chi connectivity index (χ4n) is 3.38. The largest absolute Gasteiger partial charge is 0.392 e. The molecule has 0 bridgehead atoms. The minimum absolute atomic E-state index is 0.132. The third-order valence-electron chi connectivity index (χ3n) is 4.65. The summed E-state index contributed by atoms with van der Waals surface area (Å²) in [6.45, 7) is 3.50. The van der Waals surface area contributed by atoms with E-state index in [1.54, 1.807) is 0 Å². The molecule has 1 heterocycles. The van der Waals surface area contributed by atoms with Gasteiger partial charge >= 0.3 is 0 Å². The topological polar surface area (TPSA) is 23.5 Å². The highest BCUT2D eigenvalue weighted by atomic mass is 16.3. The quantitative estimate of drug-likeness (QED) is 0.910. The van der Waals surface area contributed by atoms with E-state index in [9.17, 15) is 5.11 Å². The van der Waals surface area contributed by atoms with E-state index in [1.165, 1.54) is 43.5 Å². The van der Waals surface area contributed by atoms with Crippen LogP contribution in [0.15, 0.2) is 54.6 Å². The number of aliphatic hydroxyl groups is 1. The summed E-state index contributed by atoms with van der Waals surface area (Å²) >= 11 is 0. The van der Waals surface area contributed by atoms with Gasteiger partial charge in [0.2, 0.25) is 0 Å². The summed E-state index contributed by atoms with van der Waals surface area (Å²) in [5.74, 6) is 0.822. The highest BCUT2D eigenvalue weighted by Crippen LogP contribution is 2.23. The first-order valence-corrected chi connectivity index (χ1v) is 8.28. The van der Waals surface area contributed by atoms with Crippen LogP contribution in [0.1, 0.15) is 29.5 Å². The summed E-state index contributed by atoms with van der Waals surface area (Å²) < 4.78 is 0.